The molecule has 1 aromatic carbocycles. The number of rotatable bonds is 5. The molecule has 0 aliphatic carbocycles. The van der Waals surface area contributed by atoms with Crippen LogP contribution in [0.4, 0.5) is 0 Å². The van der Waals surface area contributed by atoms with Gasteiger partial charge in [-0.15, -0.1) is 0 Å². The molecule has 2 N–H and O–H groups in total. The minimum atomic E-state index is 0.396. The highest BCUT2D eigenvalue weighted by atomic mass is 15.0. The zero-order chi connectivity index (χ0) is 11.3. The second-order valence-electron chi connectivity index (χ2n) is 4.31. The number of hydrogen-bond acceptors (Lipinski definition) is 2. The van der Waals surface area contributed by atoms with Crippen molar-refractivity contribution >= 4 is 0 Å². The summed E-state index contributed by atoms with van der Waals surface area (Å²) in [5.74, 6) is 0. The van der Waals surface area contributed by atoms with E-state index in [1.54, 1.807) is 0 Å². The summed E-state index contributed by atoms with van der Waals surface area (Å²) in [6.45, 7) is 7.42. The lowest BCUT2D eigenvalue weighted by Gasteiger charge is -2.19. The highest BCUT2D eigenvalue weighted by molar-refractivity contribution is 5.24. The summed E-state index contributed by atoms with van der Waals surface area (Å²) in [5, 5.41) is 6.78. The van der Waals surface area contributed by atoms with E-state index in [-0.39, 0.29) is 0 Å². The molecule has 1 aromatic rings. The lowest BCUT2D eigenvalue weighted by atomic mass is 10.1. The molecular formula is C13H22N2. The normalized spacial score (nSPS) is 13.1. The number of aryl methyl sites for hydroxylation is 1. The van der Waals surface area contributed by atoms with Crippen molar-refractivity contribution in [3.05, 3.63) is 35.4 Å². The van der Waals surface area contributed by atoms with Gasteiger partial charge in [0.2, 0.25) is 0 Å². The first kappa shape index (κ1) is 12.2. The van der Waals surface area contributed by atoms with Gasteiger partial charge in [0.15, 0.2) is 0 Å². The van der Waals surface area contributed by atoms with Gasteiger partial charge in [-0.3, -0.25) is 0 Å². The molecule has 0 aromatic heterocycles. The minimum absolute atomic E-state index is 0.396. The molecule has 0 heterocycles. The second kappa shape index (κ2) is 5.89. The van der Waals surface area contributed by atoms with Crippen molar-refractivity contribution in [3.8, 4) is 0 Å². The standard InChI is InChI=1S/C13H22N2/c1-10(2)15-9-13(14-4)12-7-5-11(3)6-8-12/h5-8,10,13-15H,9H2,1-4H3. The highest BCUT2D eigenvalue weighted by Gasteiger charge is 2.08. The van der Waals surface area contributed by atoms with Crippen molar-refractivity contribution in [1.82, 2.24) is 10.6 Å². The van der Waals surface area contributed by atoms with Crippen LogP contribution in [-0.2, 0) is 0 Å². The van der Waals surface area contributed by atoms with Crippen molar-refractivity contribution in [2.45, 2.75) is 32.9 Å². The van der Waals surface area contributed by atoms with E-state index < -0.39 is 0 Å². The van der Waals surface area contributed by atoms with Gasteiger partial charge in [0.25, 0.3) is 0 Å². The Morgan fingerprint density at radius 3 is 2.20 bits per heavy atom. The third kappa shape index (κ3) is 4.02. The fourth-order valence-electron chi connectivity index (χ4n) is 1.54. The lowest BCUT2D eigenvalue weighted by molar-refractivity contribution is 0.491. The average molecular weight is 206 g/mol. The van der Waals surface area contributed by atoms with E-state index >= 15 is 0 Å². The van der Waals surface area contributed by atoms with Crippen molar-refractivity contribution in [2.75, 3.05) is 13.6 Å². The van der Waals surface area contributed by atoms with Crippen LogP contribution in [0.1, 0.15) is 31.0 Å². The summed E-state index contributed by atoms with van der Waals surface area (Å²) in [4.78, 5) is 0. The summed E-state index contributed by atoms with van der Waals surface area (Å²) in [6, 6.07) is 9.64. The number of benzene rings is 1. The van der Waals surface area contributed by atoms with Gasteiger partial charge in [-0.1, -0.05) is 43.7 Å². The van der Waals surface area contributed by atoms with Gasteiger partial charge in [-0.05, 0) is 19.5 Å². The van der Waals surface area contributed by atoms with Gasteiger partial charge in [0.05, 0.1) is 0 Å². The van der Waals surface area contributed by atoms with Crippen LogP contribution in [0.2, 0.25) is 0 Å². The van der Waals surface area contributed by atoms with Gasteiger partial charge < -0.3 is 10.6 Å². The molecule has 2 nitrogen and oxygen atoms in total. The van der Waals surface area contributed by atoms with Crippen LogP contribution in [0.3, 0.4) is 0 Å². The molecule has 0 bridgehead atoms. The van der Waals surface area contributed by atoms with E-state index in [9.17, 15) is 0 Å². The Hall–Kier alpha value is -0.860. The smallest absolute Gasteiger partial charge is 0.0444 e. The molecule has 84 valence electrons. The number of nitrogens with one attached hydrogen (secondary N) is 2. The molecule has 1 unspecified atom stereocenters. The molecule has 2 heteroatoms. The van der Waals surface area contributed by atoms with Gasteiger partial charge in [0.1, 0.15) is 0 Å². The molecular weight excluding hydrogens is 184 g/mol. The first-order valence-corrected chi connectivity index (χ1v) is 5.60. The first-order chi connectivity index (χ1) is 7.13. The third-order valence-electron chi connectivity index (χ3n) is 2.56. The maximum Gasteiger partial charge on any atom is 0.0444 e. The number of likely N-dealkylation sites (N-methyl/N-ethyl adjacent to an activating group) is 1. The van der Waals surface area contributed by atoms with Gasteiger partial charge in [-0.2, -0.15) is 0 Å². The summed E-state index contributed by atoms with van der Waals surface area (Å²) < 4.78 is 0. The highest BCUT2D eigenvalue weighted by Crippen LogP contribution is 2.12. The molecule has 0 fully saturated rings. The molecule has 1 rings (SSSR count). The predicted octanol–water partition coefficient (Wildman–Crippen LogP) is 2.25. The fraction of sp³-hybridized carbons (Fsp3) is 0.538. The van der Waals surface area contributed by atoms with Crippen LogP contribution in [0.25, 0.3) is 0 Å². The average Bonchev–Trinajstić information content (AvgIpc) is 2.21. The summed E-state index contributed by atoms with van der Waals surface area (Å²) in [7, 11) is 2.01. The van der Waals surface area contributed by atoms with Crippen molar-refractivity contribution in [3.63, 3.8) is 0 Å². The maximum atomic E-state index is 3.45. The van der Waals surface area contributed by atoms with Crippen LogP contribution in [0, 0.1) is 6.92 Å². The Morgan fingerprint density at radius 2 is 1.73 bits per heavy atom. The molecule has 0 spiro atoms. The second-order valence-corrected chi connectivity index (χ2v) is 4.31. The van der Waals surface area contributed by atoms with Crippen LogP contribution in [-0.4, -0.2) is 19.6 Å². The summed E-state index contributed by atoms with van der Waals surface area (Å²) in [5.41, 5.74) is 2.65. The predicted molar refractivity (Wildman–Crippen MR) is 66.1 cm³/mol. The van der Waals surface area contributed by atoms with E-state index in [4.69, 9.17) is 0 Å². The summed E-state index contributed by atoms with van der Waals surface area (Å²) >= 11 is 0. The van der Waals surface area contributed by atoms with Crippen LogP contribution >= 0.6 is 0 Å². The van der Waals surface area contributed by atoms with Crippen molar-refractivity contribution < 1.29 is 0 Å². The molecule has 1 atom stereocenters. The molecule has 15 heavy (non-hydrogen) atoms. The first-order valence-electron chi connectivity index (χ1n) is 5.60. The zero-order valence-corrected chi connectivity index (χ0v) is 10.2. The monoisotopic (exact) mass is 206 g/mol. The molecule has 0 amide bonds. The van der Waals surface area contributed by atoms with E-state index in [0.717, 1.165) is 6.54 Å². The fourth-order valence-corrected chi connectivity index (χ4v) is 1.54. The lowest BCUT2D eigenvalue weighted by Crippen LogP contribution is -2.33. The van der Waals surface area contributed by atoms with Crippen molar-refractivity contribution in [2.24, 2.45) is 0 Å². The zero-order valence-electron chi connectivity index (χ0n) is 10.2. The Labute approximate surface area is 93.1 Å². The Morgan fingerprint density at radius 1 is 1.13 bits per heavy atom. The van der Waals surface area contributed by atoms with E-state index in [1.165, 1.54) is 11.1 Å². The van der Waals surface area contributed by atoms with Gasteiger partial charge >= 0.3 is 0 Å². The quantitative estimate of drug-likeness (QED) is 0.772. The van der Waals surface area contributed by atoms with E-state index in [0.29, 0.717) is 12.1 Å². The van der Waals surface area contributed by atoms with Crippen LogP contribution < -0.4 is 10.6 Å². The largest absolute Gasteiger partial charge is 0.313 e. The van der Waals surface area contributed by atoms with Gasteiger partial charge in [-0.25, -0.2) is 0 Å². The molecule has 0 saturated heterocycles. The summed E-state index contributed by atoms with van der Waals surface area (Å²) in [6.07, 6.45) is 0. The molecule has 0 aliphatic rings. The van der Waals surface area contributed by atoms with Gasteiger partial charge in [0, 0.05) is 18.6 Å². The minimum Gasteiger partial charge on any atom is -0.313 e. The third-order valence-corrected chi connectivity index (χ3v) is 2.56. The van der Waals surface area contributed by atoms with E-state index in [2.05, 4.69) is 55.7 Å². The van der Waals surface area contributed by atoms with Crippen LogP contribution in [0.15, 0.2) is 24.3 Å². The van der Waals surface area contributed by atoms with Crippen LogP contribution in [0.5, 0.6) is 0 Å². The topological polar surface area (TPSA) is 24.1 Å². The van der Waals surface area contributed by atoms with Crippen molar-refractivity contribution in [1.29, 1.82) is 0 Å². The number of hydrogen-bond donors (Lipinski definition) is 2. The SMILES string of the molecule is CNC(CNC(C)C)c1ccc(C)cc1. The molecule has 0 aliphatic heterocycles. The molecule has 0 saturated carbocycles. The van der Waals surface area contributed by atoms with E-state index in [1.807, 2.05) is 7.05 Å². The Balaban J connectivity index is 2.61. The maximum absolute atomic E-state index is 3.45. The molecule has 0 radical (unpaired) electrons. The Kier molecular flexibility index (Phi) is 4.79. The Bertz CT molecular complexity index is 277.